The van der Waals surface area contributed by atoms with Gasteiger partial charge in [-0.15, -0.1) is 11.3 Å². The van der Waals surface area contributed by atoms with Gasteiger partial charge < -0.3 is 0 Å². The minimum atomic E-state index is 0.332. The molecule has 0 nitrogen and oxygen atoms in total. The Bertz CT molecular complexity index is 456. The summed E-state index contributed by atoms with van der Waals surface area (Å²) in [5.74, 6) is 0. The van der Waals surface area contributed by atoms with Crippen LogP contribution in [0.1, 0.15) is 32.6 Å². The van der Waals surface area contributed by atoms with Crippen LogP contribution < -0.4 is 0 Å². The molecule has 1 aromatic carbocycles. The van der Waals surface area contributed by atoms with Crippen LogP contribution in [0, 0.1) is 6.92 Å². The van der Waals surface area contributed by atoms with Gasteiger partial charge in [0.2, 0.25) is 0 Å². The molecule has 0 aliphatic rings. The first-order chi connectivity index (χ1) is 7.70. The second kappa shape index (κ2) is 5.15. The molecule has 0 saturated heterocycles. The van der Waals surface area contributed by atoms with Gasteiger partial charge in [-0.2, -0.15) is 0 Å². The molecule has 16 heavy (non-hydrogen) atoms. The van der Waals surface area contributed by atoms with E-state index in [1.807, 2.05) is 11.3 Å². The van der Waals surface area contributed by atoms with Crippen LogP contribution in [0.5, 0.6) is 0 Å². The summed E-state index contributed by atoms with van der Waals surface area (Å²) in [7, 11) is 0. The highest BCUT2D eigenvalue weighted by Gasteiger charge is 2.12. The van der Waals surface area contributed by atoms with Crippen molar-refractivity contribution in [2.24, 2.45) is 0 Å². The smallest absolute Gasteiger partial charge is 0.0738 e. The average molecular weight is 295 g/mol. The maximum atomic E-state index is 3.77. The Kier molecular flexibility index (Phi) is 3.82. The number of benzene rings is 1. The van der Waals surface area contributed by atoms with Crippen LogP contribution in [0.4, 0.5) is 0 Å². The van der Waals surface area contributed by atoms with Crippen molar-refractivity contribution in [2.45, 2.75) is 25.1 Å². The summed E-state index contributed by atoms with van der Waals surface area (Å²) in [5.41, 5.74) is 2.64. The molecule has 0 saturated carbocycles. The normalized spacial score (nSPS) is 12.7. The molecule has 0 radical (unpaired) electrons. The quantitative estimate of drug-likeness (QED) is 0.691. The molecule has 0 aliphatic carbocycles. The van der Waals surface area contributed by atoms with Gasteiger partial charge in [0, 0.05) is 9.75 Å². The number of hydrogen-bond acceptors (Lipinski definition) is 1. The second-order valence-electron chi connectivity index (χ2n) is 3.93. The lowest BCUT2D eigenvalue weighted by molar-refractivity contribution is 1.19. The highest BCUT2D eigenvalue weighted by Crippen LogP contribution is 2.35. The third-order valence-electron chi connectivity index (χ3n) is 2.65. The van der Waals surface area contributed by atoms with E-state index in [-0.39, 0.29) is 0 Å². The van der Waals surface area contributed by atoms with Crippen molar-refractivity contribution in [1.82, 2.24) is 0 Å². The fraction of sp³-hybridized carbons (Fsp3) is 0.286. The second-order valence-corrected chi connectivity index (χ2v) is 6.05. The number of alkyl halides is 1. The van der Waals surface area contributed by atoms with E-state index in [1.165, 1.54) is 20.9 Å². The van der Waals surface area contributed by atoms with Crippen molar-refractivity contribution in [3.63, 3.8) is 0 Å². The van der Waals surface area contributed by atoms with Crippen LogP contribution in [0.2, 0.25) is 0 Å². The topological polar surface area (TPSA) is 0 Å². The molecule has 0 N–H and O–H groups in total. The summed E-state index contributed by atoms with van der Waals surface area (Å²) in [6.45, 7) is 4.32. The molecular formula is C14H15BrS. The molecule has 0 fully saturated rings. The molecule has 1 atom stereocenters. The summed E-state index contributed by atoms with van der Waals surface area (Å²) >= 11 is 5.66. The minimum absolute atomic E-state index is 0.332. The van der Waals surface area contributed by atoms with Crippen LogP contribution in [-0.2, 0) is 6.42 Å². The number of hydrogen-bond donors (Lipinski definition) is 0. The van der Waals surface area contributed by atoms with Crippen molar-refractivity contribution in [3.05, 3.63) is 57.3 Å². The molecule has 1 heterocycles. The molecule has 2 aromatic rings. The fourth-order valence-corrected chi connectivity index (χ4v) is 3.32. The lowest BCUT2D eigenvalue weighted by atomic mass is 10.1. The maximum Gasteiger partial charge on any atom is 0.0738 e. The van der Waals surface area contributed by atoms with Gasteiger partial charge in [0.05, 0.1) is 4.83 Å². The van der Waals surface area contributed by atoms with Gasteiger partial charge in [0.1, 0.15) is 0 Å². The van der Waals surface area contributed by atoms with E-state index in [1.54, 1.807) is 0 Å². The van der Waals surface area contributed by atoms with Crippen molar-refractivity contribution in [2.75, 3.05) is 0 Å². The molecule has 1 aromatic heterocycles. The third kappa shape index (κ3) is 2.55. The molecule has 84 valence electrons. The Hall–Kier alpha value is -0.600. The summed E-state index contributed by atoms with van der Waals surface area (Å²) in [6.07, 6.45) is 1.12. The minimum Gasteiger partial charge on any atom is -0.144 e. The van der Waals surface area contributed by atoms with Gasteiger partial charge in [-0.05, 0) is 31.0 Å². The van der Waals surface area contributed by atoms with Crippen LogP contribution in [-0.4, -0.2) is 0 Å². The van der Waals surface area contributed by atoms with Crippen LogP contribution in [0.25, 0.3) is 0 Å². The third-order valence-corrected chi connectivity index (χ3v) is 5.27. The van der Waals surface area contributed by atoms with Crippen LogP contribution >= 0.6 is 27.3 Å². The summed E-state index contributed by atoms with van der Waals surface area (Å²) in [5, 5.41) is 0. The standard InChI is InChI=1S/C14H15BrS/c1-3-12-8-9-13(16-12)14(15)11-6-4-10(2)5-7-11/h4-9,14H,3H2,1-2H3. The highest BCUT2D eigenvalue weighted by atomic mass is 79.9. The van der Waals surface area contributed by atoms with E-state index in [2.05, 4.69) is 66.2 Å². The van der Waals surface area contributed by atoms with Crippen molar-refractivity contribution in [3.8, 4) is 0 Å². The maximum absolute atomic E-state index is 3.77. The van der Waals surface area contributed by atoms with Crippen LogP contribution in [0.3, 0.4) is 0 Å². The molecule has 0 bridgehead atoms. The van der Waals surface area contributed by atoms with E-state index in [0.717, 1.165) is 6.42 Å². The highest BCUT2D eigenvalue weighted by molar-refractivity contribution is 9.09. The lowest BCUT2D eigenvalue weighted by Crippen LogP contribution is -1.88. The first kappa shape index (κ1) is 11.9. The molecule has 0 spiro atoms. The number of thiophene rings is 1. The molecule has 2 heteroatoms. The van der Waals surface area contributed by atoms with Gasteiger partial charge in [-0.25, -0.2) is 0 Å². The molecule has 0 amide bonds. The van der Waals surface area contributed by atoms with Gasteiger partial charge in [-0.3, -0.25) is 0 Å². The van der Waals surface area contributed by atoms with Gasteiger partial charge >= 0.3 is 0 Å². The Labute approximate surface area is 109 Å². The monoisotopic (exact) mass is 294 g/mol. The van der Waals surface area contributed by atoms with Gasteiger partial charge in [0.25, 0.3) is 0 Å². The fourth-order valence-electron chi connectivity index (χ4n) is 1.62. The molecular weight excluding hydrogens is 280 g/mol. The van der Waals surface area contributed by atoms with Crippen molar-refractivity contribution < 1.29 is 0 Å². The zero-order valence-electron chi connectivity index (χ0n) is 9.53. The van der Waals surface area contributed by atoms with E-state index in [0.29, 0.717) is 4.83 Å². The number of rotatable bonds is 3. The number of aryl methyl sites for hydroxylation is 2. The first-order valence-electron chi connectivity index (χ1n) is 5.50. The van der Waals surface area contributed by atoms with E-state index in [4.69, 9.17) is 0 Å². The SMILES string of the molecule is CCc1ccc(C(Br)c2ccc(C)cc2)s1. The average Bonchev–Trinajstić information content (AvgIpc) is 2.77. The Morgan fingerprint density at radius 3 is 2.38 bits per heavy atom. The van der Waals surface area contributed by atoms with Crippen LogP contribution in [0.15, 0.2) is 36.4 Å². The van der Waals surface area contributed by atoms with Crippen molar-refractivity contribution >= 4 is 27.3 Å². The zero-order valence-corrected chi connectivity index (χ0v) is 11.9. The number of halogens is 1. The summed E-state index contributed by atoms with van der Waals surface area (Å²) in [6, 6.07) is 13.2. The predicted octanol–water partition coefficient (Wildman–Crippen LogP) is 5.10. The first-order valence-corrected chi connectivity index (χ1v) is 7.23. The lowest BCUT2D eigenvalue weighted by Gasteiger charge is -2.08. The van der Waals surface area contributed by atoms with Crippen molar-refractivity contribution in [1.29, 1.82) is 0 Å². The molecule has 1 unspecified atom stereocenters. The molecule has 0 aliphatic heterocycles. The van der Waals surface area contributed by atoms with Gasteiger partial charge in [0.15, 0.2) is 0 Å². The van der Waals surface area contributed by atoms with E-state index in [9.17, 15) is 0 Å². The largest absolute Gasteiger partial charge is 0.144 e. The Balaban J connectivity index is 2.24. The molecule has 2 rings (SSSR count). The summed E-state index contributed by atoms with van der Waals surface area (Å²) < 4.78 is 0. The predicted molar refractivity (Wildman–Crippen MR) is 75.6 cm³/mol. The Morgan fingerprint density at radius 2 is 1.81 bits per heavy atom. The summed E-state index contributed by atoms with van der Waals surface area (Å²) in [4.78, 5) is 3.17. The zero-order chi connectivity index (χ0) is 11.5. The van der Waals surface area contributed by atoms with Gasteiger partial charge in [-0.1, -0.05) is 52.7 Å². The van der Waals surface area contributed by atoms with E-state index < -0.39 is 0 Å². The van der Waals surface area contributed by atoms with E-state index >= 15 is 0 Å². The Morgan fingerprint density at radius 1 is 1.12 bits per heavy atom.